The Labute approximate surface area is 99.6 Å². The summed E-state index contributed by atoms with van der Waals surface area (Å²) in [6, 6.07) is 1.45. The molecule has 0 spiro atoms. The van der Waals surface area contributed by atoms with E-state index in [0.717, 1.165) is 19.1 Å². The van der Waals surface area contributed by atoms with Gasteiger partial charge in [0.15, 0.2) is 0 Å². The van der Waals surface area contributed by atoms with Gasteiger partial charge in [-0.25, -0.2) is 0 Å². The van der Waals surface area contributed by atoms with Gasteiger partial charge < -0.3 is 15.1 Å². The first-order chi connectivity index (χ1) is 7.66. The fourth-order valence-electron chi connectivity index (χ4n) is 2.82. The van der Waals surface area contributed by atoms with Gasteiger partial charge in [-0.3, -0.25) is 4.90 Å². The van der Waals surface area contributed by atoms with Crippen molar-refractivity contribution >= 4 is 0 Å². The molecule has 0 saturated carbocycles. The van der Waals surface area contributed by atoms with E-state index < -0.39 is 0 Å². The van der Waals surface area contributed by atoms with Gasteiger partial charge in [-0.05, 0) is 34.1 Å². The van der Waals surface area contributed by atoms with E-state index in [0.29, 0.717) is 6.04 Å². The molecule has 94 valence electrons. The van der Waals surface area contributed by atoms with Crippen molar-refractivity contribution in [3.63, 3.8) is 0 Å². The van der Waals surface area contributed by atoms with E-state index in [1.165, 1.54) is 32.6 Å². The first-order valence-electron chi connectivity index (χ1n) is 6.46. The molecule has 0 amide bonds. The molecule has 0 aromatic carbocycles. The molecule has 4 nitrogen and oxygen atoms in total. The van der Waals surface area contributed by atoms with Gasteiger partial charge in [-0.1, -0.05) is 0 Å². The largest absolute Gasteiger partial charge is 0.314 e. The Balaban J connectivity index is 1.79. The highest BCUT2D eigenvalue weighted by molar-refractivity contribution is 4.85. The first kappa shape index (κ1) is 12.3. The molecular weight excluding hydrogens is 200 g/mol. The molecule has 0 bridgehead atoms. The van der Waals surface area contributed by atoms with E-state index in [1.54, 1.807) is 0 Å². The SMILES string of the molecule is CN1CCC(N(C)CC2CNCCN2C)C1. The topological polar surface area (TPSA) is 21.8 Å². The quantitative estimate of drug-likeness (QED) is 0.702. The van der Waals surface area contributed by atoms with E-state index in [-0.39, 0.29) is 0 Å². The van der Waals surface area contributed by atoms with Crippen LogP contribution in [-0.4, -0.2) is 87.2 Å². The molecule has 2 unspecified atom stereocenters. The third-order valence-electron chi connectivity index (χ3n) is 4.13. The van der Waals surface area contributed by atoms with Gasteiger partial charge in [0.2, 0.25) is 0 Å². The maximum absolute atomic E-state index is 3.49. The molecule has 2 aliphatic rings. The number of likely N-dealkylation sites (tertiary alicyclic amines) is 1. The molecule has 0 aromatic heterocycles. The van der Waals surface area contributed by atoms with Crippen LogP contribution in [0.2, 0.25) is 0 Å². The van der Waals surface area contributed by atoms with Crippen LogP contribution < -0.4 is 5.32 Å². The van der Waals surface area contributed by atoms with Crippen LogP contribution in [0.5, 0.6) is 0 Å². The van der Waals surface area contributed by atoms with E-state index in [4.69, 9.17) is 0 Å². The summed E-state index contributed by atoms with van der Waals surface area (Å²) in [4.78, 5) is 7.48. The smallest absolute Gasteiger partial charge is 0.0345 e. The predicted molar refractivity (Wildman–Crippen MR) is 67.8 cm³/mol. The molecule has 2 aliphatic heterocycles. The zero-order valence-electron chi connectivity index (χ0n) is 10.9. The maximum atomic E-state index is 3.49. The van der Waals surface area contributed by atoms with Gasteiger partial charge in [0.05, 0.1) is 0 Å². The fourth-order valence-corrected chi connectivity index (χ4v) is 2.82. The zero-order valence-corrected chi connectivity index (χ0v) is 10.9. The van der Waals surface area contributed by atoms with E-state index in [2.05, 4.69) is 41.2 Å². The van der Waals surface area contributed by atoms with E-state index in [9.17, 15) is 0 Å². The van der Waals surface area contributed by atoms with Crippen LogP contribution in [-0.2, 0) is 0 Å². The fraction of sp³-hybridized carbons (Fsp3) is 1.00. The number of hydrogen-bond acceptors (Lipinski definition) is 4. The summed E-state index contributed by atoms with van der Waals surface area (Å²) < 4.78 is 0. The number of nitrogens with one attached hydrogen (secondary N) is 1. The Kier molecular flexibility index (Phi) is 4.19. The first-order valence-corrected chi connectivity index (χ1v) is 6.46. The molecule has 2 fully saturated rings. The average molecular weight is 226 g/mol. The van der Waals surface area contributed by atoms with Crippen molar-refractivity contribution in [2.75, 3.05) is 60.4 Å². The third kappa shape index (κ3) is 2.94. The van der Waals surface area contributed by atoms with Gasteiger partial charge in [-0.2, -0.15) is 0 Å². The van der Waals surface area contributed by atoms with Crippen LogP contribution in [0.3, 0.4) is 0 Å². The second-order valence-electron chi connectivity index (χ2n) is 5.48. The summed E-state index contributed by atoms with van der Waals surface area (Å²) in [7, 11) is 6.76. The highest BCUT2D eigenvalue weighted by atomic mass is 15.3. The van der Waals surface area contributed by atoms with Crippen LogP contribution in [0.25, 0.3) is 0 Å². The lowest BCUT2D eigenvalue weighted by atomic mass is 10.1. The molecule has 0 radical (unpaired) electrons. The lowest BCUT2D eigenvalue weighted by Crippen LogP contribution is -2.54. The van der Waals surface area contributed by atoms with Crippen molar-refractivity contribution in [2.24, 2.45) is 0 Å². The second kappa shape index (κ2) is 5.45. The van der Waals surface area contributed by atoms with Crippen molar-refractivity contribution in [2.45, 2.75) is 18.5 Å². The highest BCUT2D eigenvalue weighted by Gasteiger charge is 2.27. The van der Waals surface area contributed by atoms with Crippen molar-refractivity contribution < 1.29 is 0 Å². The Bertz CT molecular complexity index is 221. The lowest BCUT2D eigenvalue weighted by molar-refractivity contribution is 0.131. The predicted octanol–water partition coefficient (Wildman–Crippen LogP) is -0.474. The van der Waals surface area contributed by atoms with Crippen molar-refractivity contribution in [1.82, 2.24) is 20.0 Å². The summed E-state index contributed by atoms with van der Waals surface area (Å²) in [5.74, 6) is 0. The number of nitrogens with zero attached hydrogens (tertiary/aromatic N) is 3. The molecule has 1 N–H and O–H groups in total. The van der Waals surface area contributed by atoms with Crippen molar-refractivity contribution in [3.8, 4) is 0 Å². The molecule has 4 heteroatoms. The molecule has 2 heterocycles. The standard InChI is InChI=1S/C12H26N4/c1-14-6-4-11(9-14)16(3)10-12-8-13-5-7-15(12)2/h11-13H,4-10H2,1-3H3. The van der Waals surface area contributed by atoms with Crippen LogP contribution in [0.1, 0.15) is 6.42 Å². The van der Waals surface area contributed by atoms with Crippen LogP contribution in [0, 0.1) is 0 Å². The van der Waals surface area contributed by atoms with Crippen molar-refractivity contribution in [1.29, 1.82) is 0 Å². The van der Waals surface area contributed by atoms with E-state index >= 15 is 0 Å². The van der Waals surface area contributed by atoms with Gasteiger partial charge in [0, 0.05) is 44.8 Å². The molecule has 2 rings (SSSR count). The Hall–Kier alpha value is -0.160. The highest BCUT2D eigenvalue weighted by Crippen LogP contribution is 2.14. The van der Waals surface area contributed by atoms with Crippen molar-refractivity contribution in [3.05, 3.63) is 0 Å². The molecule has 2 saturated heterocycles. The van der Waals surface area contributed by atoms with E-state index in [1.807, 2.05) is 0 Å². The van der Waals surface area contributed by atoms with Gasteiger partial charge in [0.25, 0.3) is 0 Å². The minimum Gasteiger partial charge on any atom is -0.314 e. The number of piperazine rings is 1. The Morgan fingerprint density at radius 1 is 1.31 bits per heavy atom. The minimum atomic E-state index is 0.685. The zero-order chi connectivity index (χ0) is 11.5. The number of hydrogen-bond donors (Lipinski definition) is 1. The van der Waals surface area contributed by atoms with Crippen LogP contribution in [0.15, 0.2) is 0 Å². The van der Waals surface area contributed by atoms with Gasteiger partial charge >= 0.3 is 0 Å². The summed E-state index contributed by atoms with van der Waals surface area (Å²) in [5.41, 5.74) is 0. The van der Waals surface area contributed by atoms with Crippen LogP contribution >= 0.6 is 0 Å². The van der Waals surface area contributed by atoms with Gasteiger partial charge in [0.1, 0.15) is 0 Å². The molecule has 16 heavy (non-hydrogen) atoms. The summed E-state index contributed by atoms with van der Waals surface area (Å²) in [5, 5.41) is 3.49. The normalized spacial score (nSPS) is 33.8. The lowest BCUT2D eigenvalue weighted by Gasteiger charge is -2.37. The summed E-state index contributed by atoms with van der Waals surface area (Å²) >= 11 is 0. The molecular formula is C12H26N4. The number of rotatable bonds is 3. The third-order valence-corrected chi connectivity index (χ3v) is 4.13. The minimum absolute atomic E-state index is 0.685. The Morgan fingerprint density at radius 3 is 2.75 bits per heavy atom. The average Bonchev–Trinajstić information content (AvgIpc) is 2.68. The maximum Gasteiger partial charge on any atom is 0.0345 e. The molecule has 0 aliphatic carbocycles. The monoisotopic (exact) mass is 226 g/mol. The molecule has 2 atom stereocenters. The number of likely N-dealkylation sites (N-methyl/N-ethyl adjacent to an activating group) is 3. The second-order valence-corrected chi connectivity index (χ2v) is 5.48. The van der Waals surface area contributed by atoms with Crippen LogP contribution in [0.4, 0.5) is 0 Å². The molecule has 0 aromatic rings. The Morgan fingerprint density at radius 2 is 2.12 bits per heavy atom. The van der Waals surface area contributed by atoms with Gasteiger partial charge in [-0.15, -0.1) is 0 Å². The summed E-state index contributed by atoms with van der Waals surface area (Å²) in [6.45, 7) is 7.16. The summed E-state index contributed by atoms with van der Waals surface area (Å²) in [6.07, 6.45) is 1.33.